The van der Waals surface area contributed by atoms with Crippen LogP contribution in [-0.4, -0.2) is 28.9 Å². The average molecular weight is 268 g/mol. The summed E-state index contributed by atoms with van der Waals surface area (Å²) < 4.78 is 0. The van der Waals surface area contributed by atoms with Gasteiger partial charge in [-0.15, -0.1) is 0 Å². The van der Waals surface area contributed by atoms with Crippen molar-refractivity contribution < 1.29 is 4.79 Å². The third kappa shape index (κ3) is 2.67. The molecule has 3 nitrogen and oxygen atoms in total. The smallest absolute Gasteiger partial charge is 0.222 e. The number of amides is 1. The van der Waals surface area contributed by atoms with Crippen molar-refractivity contribution in [2.45, 2.75) is 32.6 Å². The second-order valence-electron chi connectivity index (χ2n) is 5.54. The fraction of sp³-hybridized carbons (Fsp3) is 0.412. The Balaban J connectivity index is 1.71. The molecular formula is C17H20N2O. The number of rotatable bonds is 3. The van der Waals surface area contributed by atoms with E-state index in [2.05, 4.69) is 31.2 Å². The highest BCUT2D eigenvalue weighted by Gasteiger charge is 2.17. The minimum absolute atomic E-state index is 0.272. The van der Waals surface area contributed by atoms with Gasteiger partial charge in [0.15, 0.2) is 0 Å². The van der Waals surface area contributed by atoms with Crippen molar-refractivity contribution in [2.75, 3.05) is 13.1 Å². The number of carbonyl (C=O) groups is 1. The van der Waals surface area contributed by atoms with Gasteiger partial charge in [0, 0.05) is 30.6 Å². The molecule has 1 aliphatic heterocycles. The fourth-order valence-electron chi connectivity index (χ4n) is 2.83. The lowest BCUT2D eigenvalue weighted by atomic mass is 10.1. The van der Waals surface area contributed by atoms with Gasteiger partial charge in [0.25, 0.3) is 0 Å². The molecule has 0 radical (unpaired) electrons. The Kier molecular flexibility index (Phi) is 3.68. The maximum absolute atomic E-state index is 12.0. The first-order valence-electron chi connectivity index (χ1n) is 7.37. The number of pyridine rings is 1. The number of hydrogen-bond donors (Lipinski definition) is 0. The number of aryl methyl sites for hydroxylation is 2. The first-order chi connectivity index (χ1) is 9.74. The van der Waals surface area contributed by atoms with Crippen LogP contribution in [0.5, 0.6) is 0 Å². The Morgan fingerprint density at radius 3 is 2.80 bits per heavy atom. The highest BCUT2D eigenvalue weighted by molar-refractivity contribution is 5.82. The van der Waals surface area contributed by atoms with E-state index < -0.39 is 0 Å². The summed E-state index contributed by atoms with van der Waals surface area (Å²) >= 11 is 0. The summed E-state index contributed by atoms with van der Waals surface area (Å²) in [5.41, 5.74) is 3.26. The quantitative estimate of drug-likeness (QED) is 0.857. The minimum Gasteiger partial charge on any atom is -0.343 e. The number of hydrogen-bond acceptors (Lipinski definition) is 2. The van der Waals surface area contributed by atoms with Crippen LogP contribution < -0.4 is 0 Å². The van der Waals surface area contributed by atoms with E-state index in [0.717, 1.165) is 43.6 Å². The zero-order chi connectivity index (χ0) is 13.9. The molecule has 0 bridgehead atoms. The fourth-order valence-corrected chi connectivity index (χ4v) is 2.83. The van der Waals surface area contributed by atoms with Crippen molar-refractivity contribution in [1.29, 1.82) is 0 Å². The molecule has 1 aromatic carbocycles. The number of nitrogens with zero attached hydrogens (tertiary/aromatic N) is 2. The van der Waals surface area contributed by atoms with Crippen LogP contribution in [0, 0.1) is 6.92 Å². The molecule has 0 N–H and O–H groups in total. The lowest BCUT2D eigenvalue weighted by molar-refractivity contribution is -0.130. The molecule has 1 aromatic heterocycles. The van der Waals surface area contributed by atoms with Crippen LogP contribution in [0.4, 0.5) is 0 Å². The Hall–Kier alpha value is -1.90. The van der Waals surface area contributed by atoms with Gasteiger partial charge in [-0.25, -0.2) is 0 Å². The van der Waals surface area contributed by atoms with Crippen molar-refractivity contribution in [3.8, 4) is 0 Å². The first kappa shape index (κ1) is 13.1. The molecule has 1 saturated heterocycles. The summed E-state index contributed by atoms with van der Waals surface area (Å²) in [6.45, 7) is 3.95. The third-order valence-corrected chi connectivity index (χ3v) is 4.03. The van der Waals surface area contributed by atoms with E-state index in [0.29, 0.717) is 6.42 Å². The predicted molar refractivity (Wildman–Crippen MR) is 80.6 cm³/mol. The van der Waals surface area contributed by atoms with Gasteiger partial charge >= 0.3 is 0 Å². The normalized spacial score (nSPS) is 14.9. The van der Waals surface area contributed by atoms with Crippen molar-refractivity contribution in [1.82, 2.24) is 9.88 Å². The van der Waals surface area contributed by atoms with Crippen molar-refractivity contribution in [3.63, 3.8) is 0 Å². The lowest BCUT2D eigenvalue weighted by Gasteiger charge is -2.14. The molecule has 1 amide bonds. The molecule has 0 unspecified atom stereocenters. The molecule has 0 atom stereocenters. The zero-order valence-corrected chi connectivity index (χ0v) is 11.9. The second kappa shape index (κ2) is 5.61. The van der Waals surface area contributed by atoms with Gasteiger partial charge in [-0.2, -0.15) is 0 Å². The topological polar surface area (TPSA) is 33.2 Å². The second-order valence-corrected chi connectivity index (χ2v) is 5.54. The Bertz CT molecular complexity index is 630. The van der Waals surface area contributed by atoms with Crippen molar-refractivity contribution in [2.24, 2.45) is 0 Å². The molecule has 0 spiro atoms. The van der Waals surface area contributed by atoms with Crippen molar-refractivity contribution in [3.05, 3.63) is 41.6 Å². The summed E-state index contributed by atoms with van der Waals surface area (Å²) in [7, 11) is 0. The Morgan fingerprint density at radius 1 is 1.20 bits per heavy atom. The molecule has 0 aliphatic carbocycles. The predicted octanol–water partition coefficient (Wildman–Crippen LogP) is 3.10. The maximum Gasteiger partial charge on any atom is 0.222 e. The third-order valence-electron chi connectivity index (χ3n) is 4.03. The summed E-state index contributed by atoms with van der Waals surface area (Å²) in [6, 6.07) is 10.4. The molecule has 2 heterocycles. The zero-order valence-electron chi connectivity index (χ0n) is 11.9. The SMILES string of the molecule is Cc1cccc2ccc(CCC(=O)N3CCCC3)nc12. The maximum atomic E-state index is 12.0. The van der Waals surface area contributed by atoms with Crippen LogP contribution in [0.25, 0.3) is 10.9 Å². The van der Waals surface area contributed by atoms with E-state index in [1.54, 1.807) is 0 Å². The number of fused-ring (bicyclic) bond motifs is 1. The summed E-state index contributed by atoms with van der Waals surface area (Å²) in [4.78, 5) is 18.7. The van der Waals surface area contributed by atoms with Crippen LogP contribution in [0.15, 0.2) is 30.3 Å². The van der Waals surface area contributed by atoms with Gasteiger partial charge in [-0.3, -0.25) is 9.78 Å². The monoisotopic (exact) mass is 268 g/mol. The van der Waals surface area contributed by atoms with Gasteiger partial charge < -0.3 is 4.90 Å². The van der Waals surface area contributed by atoms with Gasteiger partial charge in [0.2, 0.25) is 5.91 Å². The van der Waals surface area contributed by atoms with E-state index in [1.807, 2.05) is 11.0 Å². The molecular weight excluding hydrogens is 248 g/mol. The van der Waals surface area contributed by atoms with E-state index in [9.17, 15) is 4.79 Å². The number of likely N-dealkylation sites (tertiary alicyclic amines) is 1. The molecule has 1 fully saturated rings. The number of para-hydroxylation sites is 1. The Labute approximate surface area is 119 Å². The van der Waals surface area contributed by atoms with Gasteiger partial charge in [0.05, 0.1) is 5.52 Å². The largest absolute Gasteiger partial charge is 0.343 e. The molecule has 2 aromatic rings. The molecule has 20 heavy (non-hydrogen) atoms. The standard InChI is InChI=1S/C17H20N2O/c1-13-5-4-6-14-7-8-15(18-17(13)14)9-10-16(20)19-11-2-3-12-19/h4-8H,2-3,9-12H2,1H3. The van der Waals surface area contributed by atoms with Crippen LogP contribution >= 0.6 is 0 Å². The molecule has 1 aliphatic rings. The number of benzene rings is 1. The van der Waals surface area contributed by atoms with Crippen LogP contribution in [0.3, 0.4) is 0 Å². The van der Waals surface area contributed by atoms with Gasteiger partial charge in [-0.05, 0) is 37.8 Å². The molecule has 3 heteroatoms. The van der Waals surface area contributed by atoms with Crippen LogP contribution in [0.1, 0.15) is 30.5 Å². The van der Waals surface area contributed by atoms with E-state index in [1.165, 1.54) is 10.9 Å². The summed E-state index contributed by atoms with van der Waals surface area (Å²) in [6.07, 6.45) is 3.61. The first-order valence-corrected chi connectivity index (χ1v) is 7.37. The number of carbonyl (C=O) groups excluding carboxylic acids is 1. The van der Waals surface area contributed by atoms with Gasteiger partial charge in [0.1, 0.15) is 0 Å². The average Bonchev–Trinajstić information content (AvgIpc) is 3.00. The van der Waals surface area contributed by atoms with E-state index in [4.69, 9.17) is 4.98 Å². The van der Waals surface area contributed by atoms with Crippen molar-refractivity contribution >= 4 is 16.8 Å². The molecule has 3 rings (SSSR count). The highest BCUT2D eigenvalue weighted by atomic mass is 16.2. The summed E-state index contributed by atoms with van der Waals surface area (Å²) in [5.74, 6) is 0.272. The minimum atomic E-state index is 0.272. The van der Waals surface area contributed by atoms with Crippen LogP contribution in [0.2, 0.25) is 0 Å². The Morgan fingerprint density at radius 2 is 2.00 bits per heavy atom. The highest BCUT2D eigenvalue weighted by Crippen LogP contribution is 2.17. The van der Waals surface area contributed by atoms with E-state index in [-0.39, 0.29) is 5.91 Å². The van der Waals surface area contributed by atoms with Crippen LogP contribution in [-0.2, 0) is 11.2 Å². The van der Waals surface area contributed by atoms with Gasteiger partial charge in [-0.1, -0.05) is 24.3 Å². The summed E-state index contributed by atoms with van der Waals surface area (Å²) in [5, 5.41) is 1.17. The molecule has 0 saturated carbocycles. The molecule has 104 valence electrons. The lowest BCUT2D eigenvalue weighted by Crippen LogP contribution is -2.27. The van der Waals surface area contributed by atoms with E-state index >= 15 is 0 Å². The number of aromatic nitrogens is 1.